The van der Waals surface area contributed by atoms with Crippen molar-refractivity contribution in [2.24, 2.45) is 0 Å². The lowest BCUT2D eigenvalue weighted by Gasteiger charge is -2.30. The zero-order valence-corrected chi connectivity index (χ0v) is 16.9. The van der Waals surface area contributed by atoms with E-state index in [1.54, 1.807) is 18.2 Å². The predicted molar refractivity (Wildman–Crippen MR) is 114 cm³/mol. The first kappa shape index (κ1) is 21.0. The Morgan fingerprint density at radius 1 is 0.935 bits per heavy atom. The van der Waals surface area contributed by atoms with Crippen LogP contribution in [0.4, 0.5) is 27.1 Å². The van der Waals surface area contributed by atoms with Crippen molar-refractivity contribution in [3.05, 3.63) is 57.9 Å². The fourth-order valence-corrected chi connectivity index (χ4v) is 3.74. The summed E-state index contributed by atoms with van der Waals surface area (Å²) in [6.45, 7) is 4.42. The number of non-ortho nitro benzene ring substituents is 1. The summed E-state index contributed by atoms with van der Waals surface area (Å²) in [5.74, 6) is -0.990. The number of nitrogens with one attached hydrogen (secondary N) is 1. The summed E-state index contributed by atoms with van der Waals surface area (Å²) in [4.78, 5) is 27.5. The van der Waals surface area contributed by atoms with Gasteiger partial charge in [-0.25, -0.2) is 4.39 Å². The lowest BCUT2D eigenvalue weighted by molar-refractivity contribution is -0.384. The van der Waals surface area contributed by atoms with E-state index in [0.29, 0.717) is 64.0 Å². The van der Waals surface area contributed by atoms with E-state index in [1.165, 1.54) is 18.2 Å². The van der Waals surface area contributed by atoms with Crippen molar-refractivity contribution in [3.8, 4) is 0 Å². The van der Waals surface area contributed by atoms with Crippen LogP contribution >= 0.6 is 0 Å². The number of anilines is 3. The highest BCUT2D eigenvalue weighted by Crippen LogP contribution is 2.28. The molecule has 1 N–H and O–H groups in total. The van der Waals surface area contributed by atoms with Crippen molar-refractivity contribution < 1.29 is 23.6 Å². The number of nitro benzene ring substituents is 1. The lowest BCUT2D eigenvalue weighted by Crippen LogP contribution is -2.37. The number of amides is 1. The van der Waals surface area contributed by atoms with Gasteiger partial charge in [-0.15, -0.1) is 0 Å². The first-order chi connectivity index (χ1) is 15.0. The largest absolute Gasteiger partial charge is 0.378 e. The molecule has 0 aliphatic carbocycles. The Labute approximate surface area is 178 Å². The average Bonchev–Trinajstić information content (AvgIpc) is 2.80. The second-order valence-electron chi connectivity index (χ2n) is 7.28. The maximum Gasteiger partial charge on any atom is 0.270 e. The summed E-state index contributed by atoms with van der Waals surface area (Å²) >= 11 is 0. The first-order valence-electron chi connectivity index (χ1n) is 10.1. The number of nitro groups is 1. The number of ether oxygens (including phenoxy) is 2. The third-order valence-electron chi connectivity index (χ3n) is 5.34. The quantitative estimate of drug-likeness (QED) is 0.575. The van der Waals surface area contributed by atoms with Crippen LogP contribution in [0.3, 0.4) is 0 Å². The number of hydrogen-bond acceptors (Lipinski definition) is 7. The molecule has 0 atom stereocenters. The Morgan fingerprint density at radius 2 is 1.52 bits per heavy atom. The van der Waals surface area contributed by atoms with E-state index in [2.05, 4.69) is 5.32 Å². The number of carbonyl (C=O) groups excluding carboxylic acids is 1. The molecule has 2 aliphatic heterocycles. The Morgan fingerprint density at radius 3 is 2.10 bits per heavy atom. The summed E-state index contributed by atoms with van der Waals surface area (Å²) < 4.78 is 25.3. The monoisotopic (exact) mass is 430 g/mol. The second kappa shape index (κ2) is 9.27. The average molecular weight is 430 g/mol. The third-order valence-corrected chi connectivity index (χ3v) is 5.34. The normalized spacial score (nSPS) is 16.8. The van der Waals surface area contributed by atoms with Crippen LogP contribution in [-0.4, -0.2) is 63.4 Å². The first-order valence-corrected chi connectivity index (χ1v) is 10.1. The van der Waals surface area contributed by atoms with Crippen LogP contribution in [0.2, 0.25) is 0 Å². The molecule has 2 aromatic rings. The zero-order valence-electron chi connectivity index (χ0n) is 16.9. The summed E-state index contributed by atoms with van der Waals surface area (Å²) in [6.07, 6.45) is 0. The van der Waals surface area contributed by atoms with Crippen LogP contribution in [0.5, 0.6) is 0 Å². The van der Waals surface area contributed by atoms with Gasteiger partial charge in [0.25, 0.3) is 11.6 Å². The van der Waals surface area contributed by atoms with Crippen molar-refractivity contribution in [2.75, 3.05) is 67.7 Å². The number of benzene rings is 2. The molecule has 164 valence electrons. The molecule has 0 radical (unpaired) electrons. The molecule has 0 unspecified atom stereocenters. The summed E-state index contributed by atoms with van der Waals surface area (Å²) in [5.41, 5.74) is 1.28. The van der Waals surface area contributed by atoms with E-state index >= 15 is 0 Å². The van der Waals surface area contributed by atoms with Crippen molar-refractivity contribution in [1.29, 1.82) is 0 Å². The standard InChI is InChI=1S/C21H23FN4O5/c22-18-13-15(1-3-20(18)25-7-11-31-12-8-25)23-21(27)17-14-16(26(28)29)2-4-19(17)24-5-9-30-10-6-24/h1-4,13-14H,5-12H2,(H,23,27). The van der Waals surface area contributed by atoms with Gasteiger partial charge in [-0.05, 0) is 24.3 Å². The van der Waals surface area contributed by atoms with Gasteiger partial charge >= 0.3 is 0 Å². The van der Waals surface area contributed by atoms with Gasteiger partial charge in [-0.2, -0.15) is 0 Å². The molecule has 2 aliphatic rings. The topological polar surface area (TPSA) is 97.2 Å². The van der Waals surface area contributed by atoms with Crippen molar-refractivity contribution >= 4 is 28.7 Å². The van der Waals surface area contributed by atoms with Crippen LogP contribution < -0.4 is 15.1 Å². The van der Waals surface area contributed by atoms with Gasteiger partial charge < -0.3 is 24.6 Å². The predicted octanol–water partition coefficient (Wildman–Crippen LogP) is 2.66. The molecule has 10 heteroatoms. The summed E-state index contributed by atoms with van der Waals surface area (Å²) in [6, 6.07) is 8.69. The Bertz CT molecular complexity index is 974. The SMILES string of the molecule is O=C(Nc1ccc(N2CCOCC2)c(F)c1)c1cc([N+](=O)[O-])ccc1N1CCOCC1. The van der Waals surface area contributed by atoms with E-state index in [0.717, 1.165) is 0 Å². The van der Waals surface area contributed by atoms with Gasteiger partial charge in [0.15, 0.2) is 0 Å². The van der Waals surface area contributed by atoms with E-state index in [4.69, 9.17) is 9.47 Å². The van der Waals surface area contributed by atoms with Crippen LogP contribution in [0, 0.1) is 15.9 Å². The second-order valence-corrected chi connectivity index (χ2v) is 7.28. The zero-order chi connectivity index (χ0) is 21.8. The summed E-state index contributed by atoms with van der Waals surface area (Å²) in [7, 11) is 0. The molecule has 2 saturated heterocycles. The molecule has 9 nitrogen and oxygen atoms in total. The third kappa shape index (κ3) is 4.75. The highest BCUT2D eigenvalue weighted by atomic mass is 19.1. The van der Waals surface area contributed by atoms with Gasteiger partial charge in [0.1, 0.15) is 5.82 Å². The smallest absolute Gasteiger partial charge is 0.270 e. The van der Waals surface area contributed by atoms with E-state index in [-0.39, 0.29) is 16.9 Å². The van der Waals surface area contributed by atoms with E-state index in [1.807, 2.05) is 9.80 Å². The fraction of sp³-hybridized carbons (Fsp3) is 0.381. The van der Waals surface area contributed by atoms with Gasteiger partial charge in [0.2, 0.25) is 0 Å². The van der Waals surface area contributed by atoms with E-state index in [9.17, 15) is 19.3 Å². The highest BCUT2D eigenvalue weighted by molar-refractivity contribution is 6.08. The lowest BCUT2D eigenvalue weighted by atomic mass is 10.1. The van der Waals surface area contributed by atoms with Crippen LogP contribution in [-0.2, 0) is 9.47 Å². The van der Waals surface area contributed by atoms with Crippen molar-refractivity contribution in [1.82, 2.24) is 0 Å². The summed E-state index contributed by atoms with van der Waals surface area (Å²) in [5, 5.41) is 13.9. The minimum Gasteiger partial charge on any atom is -0.378 e. The molecule has 0 spiro atoms. The molecule has 2 aromatic carbocycles. The minimum absolute atomic E-state index is 0.161. The Kier molecular flexibility index (Phi) is 6.28. The Balaban J connectivity index is 1.57. The van der Waals surface area contributed by atoms with Gasteiger partial charge in [-0.3, -0.25) is 14.9 Å². The number of morpholine rings is 2. The molecule has 0 aromatic heterocycles. The maximum atomic E-state index is 14.7. The molecule has 2 heterocycles. The molecule has 0 saturated carbocycles. The van der Waals surface area contributed by atoms with Crippen LogP contribution in [0.25, 0.3) is 0 Å². The highest BCUT2D eigenvalue weighted by Gasteiger charge is 2.23. The number of carbonyl (C=O) groups is 1. The molecule has 0 bridgehead atoms. The van der Waals surface area contributed by atoms with Crippen LogP contribution in [0.1, 0.15) is 10.4 Å². The number of nitrogens with zero attached hydrogens (tertiary/aromatic N) is 3. The number of rotatable bonds is 5. The molecular weight excluding hydrogens is 407 g/mol. The molecule has 2 fully saturated rings. The fourth-order valence-electron chi connectivity index (χ4n) is 3.74. The van der Waals surface area contributed by atoms with Crippen molar-refractivity contribution in [3.63, 3.8) is 0 Å². The van der Waals surface area contributed by atoms with Crippen molar-refractivity contribution in [2.45, 2.75) is 0 Å². The number of hydrogen-bond donors (Lipinski definition) is 1. The van der Waals surface area contributed by atoms with Gasteiger partial charge in [0, 0.05) is 44.0 Å². The Hall–Kier alpha value is -3.24. The maximum absolute atomic E-state index is 14.7. The van der Waals surface area contributed by atoms with Crippen LogP contribution in [0.15, 0.2) is 36.4 Å². The molecule has 1 amide bonds. The molecule has 31 heavy (non-hydrogen) atoms. The van der Waals surface area contributed by atoms with Gasteiger partial charge in [-0.1, -0.05) is 0 Å². The van der Waals surface area contributed by atoms with E-state index < -0.39 is 16.6 Å². The number of halogens is 1. The molecule has 4 rings (SSSR count). The minimum atomic E-state index is -0.545. The molecular formula is C21H23FN4O5. The van der Waals surface area contributed by atoms with Gasteiger partial charge in [0.05, 0.1) is 48.3 Å².